The second-order valence-electron chi connectivity index (χ2n) is 0. The van der Waals surface area contributed by atoms with Crippen molar-refractivity contribution in [2.45, 2.75) is 22.3 Å². The third kappa shape index (κ3) is 549. The van der Waals surface area contributed by atoms with Gasteiger partial charge in [0.25, 0.3) is 0 Å². The molecule has 0 saturated heterocycles. The zero-order valence-corrected chi connectivity index (χ0v) is 21.4. The van der Waals surface area contributed by atoms with Gasteiger partial charge in [0.2, 0.25) is 0 Å². The summed E-state index contributed by atoms with van der Waals surface area (Å²) in [5.74, 6) is 0. The molecule has 2 radical (unpaired) electrons. The topological polar surface area (TPSA) is 428 Å². The van der Waals surface area contributed by atoms with Crippen molar-refractivity contribution in [1.29, 1.82) is 94.7 Å². The molecule has 0 aliphatic carbocycles. The first-order valence-corrected chi connectivity index (χ1v) is 4.02. The molecule has 0 rings (SSSR count). The van der Waals surface area contributed by atoms with E-state index in [4.69, 9.17) is 213 Å². The fraction of sp³-hybridized carbons (Fsp3) is 0.143. The molecule has 21 heteroatoms. The fourth-order valence-electron chi connectivity index (χ4n) is 0. The Bertz CT molecular complexity index is 365. The normalized spacial score (nSPS) is 0.857. The van der Waals surface area contributed by atoms with Crippen LogP contribution in [-0.4, -0.2) is 0 Å². The summed E-state index contributed by atoms with van der Waals surface area (Å²) in [5, 5.41) is 112. The number of rotatable bonds is 0. The van der Waals surface area contributed by atoms with Crippen LogP contribution in [0.5, 0.6) is 0 Å². The van der Waals surface area contributed by atoms with E-state index in [2.05, 4.69) is 0 Å². The molecule has 0 N–H and O–H groups in total. The van der Waals surface area contributed by atoms with Gasteiger partial charge < -0.3 is 213 Å². The van der Waals surface area contributed by atoms with Gasteiger partial charge in [-0.3, -0.25) is 0 Å². The van der Waals surface area contributed by atoms with E-state index in [0.29, 0.717) is 0 Å². The molecule has 0 amide bonds. The van der Waals surface area contributed by atoms with Crippen molar-refractivity contribution < 1.29 is 51.2 Å². The van der Waals surface area contributed by atoms with Gasteiger partial charge in [0.05, 0.1) is 0 Å². The predicted octanol–water partition coefficient (Wildman–Crippen LogP) is 3.64. The first kappa shape index (κ1) is 356. The second-order valence-corrected chi connectivity index (χ2v) is 0. The van der Waals surface area contributed by atoms with Crippen molar-refractivity contribution in [3.05, 3.63) is 118 Å². The maximum atomic E-state index is 6.25. The fourth-order valence-corrected chi connectivity index (χ4v) is 0. The zero-order valence-electron chi connectivity index (χ0n) is 18.1. The van der Waals surface area contributed by atoms with E-state index < -0.39 is 0 Å². The van der Waals surface area contributed by atoms with Gasteiger partial charge in [-0.05, 0) is 0 Å². The van der Waals surface area contributed by atoms with Gasteiger partial charge in [-0.25, -0.2) is 0 Å². The summed E-state index contributed by atoms with van der Waals surface area (Å²) < 4.78 is 0. The van der Waals surface area contributed by atoms with Crippen LogP contribution in [0.15, 0.2) is 0 Å². The Morgan fingerprint density at radius 3 is 0.143 bits per heavy atom. The molecular weight excluding hydrogens is 672 g/mol. The van der Waals surface area contributed by atoms with Crippen molar-refractivity contribution in [1.82, 2.24) is 0 Å². The molecule has 0 aromatic heterocycles. The Balaban J connectivity index is -0.00000000368. The van der Waals surface area contributed by atoms with Crippen LogP contribution in [-0.2, 0) is 51.2 Å². The quantitative estimate of drug-likeness (QED) is 0.259. The Morgan fingerprint density at radius 2 is 0.143 bits per heavy atom. The van der Waals surface area contributed by atoms with Gasteiger partial charge in [-0.1, -0.05) is 22.3 Å². The standard InChI is InChI=1S/18CN.3CH4.3Fe/c18*1-2;;;;;;/h;;;;;;;;;;;;;;;;;;3*1H4;;;/q18*-1;;;;+2;2*+3. The first-order valence-electron chi connectivity index (χ1n) is 4.02. The van der Waals surface area contributed by atoms with Crippen molar-refractivity contribution in [2.75, 3.05) is 0 Å². The smallest absolute Gasteiger partial charge is 0.512 e. The summed E-state index contributed by atoms with van der Waals surface area (Å²) in [4.78, 5) is 0. The Morgan fingerprint density at radius 1 is 0.143 bits per heavy atom. The summed E-state index contributed by atoms with van der Waals surface area (Å²) in [6.45, 7) is 85.5. The van der Waals surface area contributed by atoms with Crippen LogP contribution >= 0.6 is 0 Å². The van der Waals surface area contributed by atoms with E-state index in [-0.39, 0.29) is 73.5 Å². The molecule has 18 nitrogen and oxygen atoms in total. The molecule has 0 aliphatic rings. The van der Waals surface area contributed by atoms with Crippen molar-refractivity contribution in [2.24, 2.45) is 0 Å². The molecule has 0 bridgehead atoms. The second kappa shape index (κ2) is 602. The molecule has 0 fully saturated rings. The van der Waals surface area contributed by atoms with Gasteiger partial charge in [-0.15, -0.1) is 0 Å². The Labute approximate surface area is 285 Å². The minimum absolute atomic E-state index is 0. The van der Waals surface area contributed by atoms with Crippen LogP contribution < -0.4 is 0 Å². The van der Waals surface area contributed by atoms with E-state index in [1.54, 1.807) is 0 Å². The van der Waals surface area contributed by atoms with E-state index in [1.807, 2.05) is 0 Å². The Kier molecular flexibility index (Phi) is 5100. The molecule has 0 atom stereocenters. The van der Waals surface area contributed by atoms with E-state index in [0.717, 1.165) is 0 Å². The van der Waals surface area contributed by atoms with Crippen molar-refractivity contribution >= 4 is 0 Å². The third-order valence-corrected chi connectivity index (χ3v) is 0. The minimum Gasteiger partial charge on any atom is -0.512 e. The molecule has 220 valence electrons. The molecular formula is C21H12Fe3N18-10. The molecule has 0 unspecified atom stereocenters. The van der Waals surface area contributed by atoms with Crippen LogP contribution in [0.3, 0.4) is 0 Å². The summed E-state index contributed by atoms with van der Waals surface area (Å²) in [5.41, 5.74) is 0. The first-order chi connectivity index (χ1) is 18.0. The van der Waals surface area contributed by atoms with E-state index in [1.165, 1.54) is 0 Å². The van der Waals surface area contributed by atoms with Crippen molar-refractivity contribution in [3.63, 3.8) is 0 Å². The van der Waals surface area contributed by atoms with Gasteiger partial charge in [-0.2, -0.15) is 0 Å². The van der Waals surface area contributed by atoms with Crippen LogP contribution in [0.4, 0.5) is 0 Å². The Hall–Kier alpha value is -7.62. The molecule has 42 heavy (non-hydrogen) atoms. The average molecular weight is 684 g/mol. The van der Waals surface area contributed by atoms with E-state index >= 15 is 0 Å². The van der Waals surface area contributed by atoms with Gasteiger partial charge >= 0.3 is 51.2 Å². The zero-order chi connectivity index (χ0) is 36.0. The van der Waals surface area contributed by atoms with Gasteiger partial charge in [0.15, 0.2) is 0 Å². The molecule has 0 spiro atoms. The molecule has 0 saturated carbocycles. The minimum atomic E-state index is 0. The van der Waals surface area contributed by atoms with Crippen LogP contribution in [0.2, 0.25) is 0 Å². The largest absolute Gasteiger partial charge is 3.00 e. The SMILES string of the molecule is C.C.C.[C-]#N.[C-]#N.[C-]#N.[C-]#N.[C-]#N.[C-]#N.[C-]#N.[C-]#N.[C-]#N.[C-]#N.[C-]#N.[C-]#N.[C-]#N.[C-]#N.[C-]#N.[C-]#N.[C-]#N.[C-]#N.[Fe+2].[Fe+3].[Fe+3]. The van der Waals surface area contributed by atoms with Crippen molar-refractivity contribution in [3.8, 4) is 0 Å². The predicted molar refractivity (Wildman–Crippen MR) is 110 cm³/mol. The molecule has 0 aromatic rings. The summed E-state index contributed by atoms with van der Waals surface area (Å²) in [6.07, 6.45) is 0. The monoisotopic (exact) mass is 684 g/mol. The van der Waals surface area contributed by atoms with E-state index in [9.17, 15) is 0 Å². The summed E-state index contributed by atoms with van der Waals surface area (Å²) in [7, 11) is 0. The maximum absolute atomic E-state index is 6.25. The number of hydrogen-bond acceptors (Lipinski definition) is 18. The molecule has 0 heterocycles. The van der Waals surface area contributed by atoms with Crippen LogP contribution in [0.25, 0.3) is 0 Å². The summed E-state index contributed by atoms with van der Waals surface area (Å²) >= 11 is 0. The van der Waals surface area contributed by atoms with Gasteiger partial charge in [0.1, 0.15) is 0 Å². The number of nitrogens with zero attached hydrogens (tertiary/aromatic N) is 18. The summed E-state index contributed by atoms with van der Waals surface area (Å²) in [6, 6.07) is 0. The molecule has 0 aliphatic heterocycles. The van der Waals surface area contributed by atoms with Gasteiger partial charge in [0, 0.05) is 0 Å². The maximum Gasteiger partial charge on any atom is 3.00 e. The van der Waals surface area contributed by atoms with Crippen LogP contribution in [0, 0.1) is 213 Å². The average Bonchev–Trinajstić information content (AvgIpc) is 3.13. The van der Waals surface area contributed by atoms with Crippen LogP contribution in [0.1, 0.15) is 22.3 Å². The molecule has 0 aromatic carbocycles. The third-order valence-electron chi connectivity index (χ3n) is 0. The number of hydrogen-bond donors (Lipinski definition) is 0.